The molecule has 2 heterocycles. The van der Waals surface area contributed by atoms with Crippen LogP contribution in [0, 0.1) is 5.92 Å². The minimum absolute atomic E-state index is 0.0184. The molecule has 1 saturated heterocycles. The second-order valence-corrected chi connectivity index (χ2v) is 6.86. The van der Waals surface area contributed by atoms with E-state index < -0.39 is 0 Å². The SMILES string of the molecule is CCCNC1CCCN(C(c2cccs2)C(C)C)C1=O. The number of likely N-dealkylation sites (tertiary alicyclic amines) is 1. The normalized spacial score (nSPS) is 21.5. The van der Waals surface area contributed by atoms with Gasteiger partial charge in [0, 0.05) is 11.4 Å². The van der Waals surface area contributed by atoms with Crippen molar-refractivity contribution in [2.45, 2.75) is 52.1 Å². The molecule has 1 fully saturated rings. The van der Waals surface area contributed by atoms with E-state index in [2.05, 4.69) is 48.5 Å². The molecule has 0 aliphatic carbocycles. The van der Waals surface area contributed by atoms with Gasteiger partial charge in [-0.3, -0.25) is 4.79 Å². The maximum atomic E-state index is 12.7. The second-order valence-electron chi connectivity index (χ2n) is 5.88. The van der Waals surface area contributed by atoms with E-state index in [9.17, 15) is 4.79 Å². The van der Waals surface area contributed by atoms with Gasteiger partial charge in [0.05, 0.1) is 12.1 Å². The fourth-order valence-electron chi connectivity index (χ4n) is 2.99. The zero-order valence-electron chi connectivity index (χ0n) is 12.8. The van der Waals surface area contributed by atoms with Crippen LogP contribution in [0.3, 0.4) is 0 Å². The average molecular weight is 294 g/mol. The quantitative estimate of drug-likeness (QED) is 0.871. The van der Waals surface area contributed by atoms with E-state index in [0.717, 1.165) is 32.4 Å². The van der Waals surface area contributed by atoms with E-state index in [1.807, 2.05) is 0 Å². The van der Waals surface area contributed by atoms with Gasteiger partial charge in [-0.2, -0.15) is 0 Å². The summed E-state index contributed by atoms with van der Waals surface area (Å²) in [5, 5.41) is 5.51. The van der Waals surface area contributed by atoms with E-state index in [1.165, 1.54) is 4.88 Å². The Kier molecular flexibility index (Phi) is 5.61. The van der Waals surface area contributed by atoms with Gasteiger partial charge in [0.25, 0.3) is 0 Å². The predicted molar refractivity (Wildman–Crippen MR) is 84.9 cm³/mol. The Labute approximate surface area is 126 Å². The van der Waals surface area contributed by atoms with Crippen molar-refractivity contribution in [3.05, 3.63) is 22.4 Å². The highest BCUT2D eigenvalue weighted by molar-refractivity contribution is 7.10. The molecule has 1 aromatic heterocycles. The third-order valence-electron chi connectivity index (χ3n) is 3.92. The lowest BCUT2D eigenvalue weighted by atomic mass is 9.95. The lowest BCUT2D eigenvalue weighted by molar-refractivity contribution is -0.139. The minimum Gasteiger partial charge on any atom is -0.333 e. The van der Waals surface area contributed by atoms with Crippen molar-refractivity contribution in [1.29, 1.82) is 0 Å². The first kappa shape index (κ1) is 15.5. The first-order valence-corrected chi connectivity index (χ1v) is 8.60. The van der Waals surface area contributed by atoms with Gasteiger partial charge in [-0.05, 0) is 43.2 Å². The van der Waals surface area contributed by atoms with Crippen LogP contribution in [0.2, 0.25) is 0 Å². The molecule has 0 aromatic carbocycles. The van der Waals surface area contributed by atoms with Crippen molar-refractivity contribution in [3.8, 4) is 0 Å². The summed E-state index contributed by atoms with van der Waals surface area (Å²) in [5.74, 6) is 0.735. The Balaban J connectivity index is 2.14. The molecule has 0 spiro atoms. The number of carbonyl (C=O) groups is 1. The maximum absolute atomic E-state index is 12.7. The molecule has 2 atom stereocenters. The van der Waals surface area contributed by atoms with Gasteiger partial charge < -0.3 is 10.2 Å². The molecule has 4 heteroatoms. The molecular formula is C16H26N2OS. The average Bonchev–Trinajstić information content (AvgIpc) is 2.93. The van der Waals surface area contributed by atoms with Gasteiger partial charge >= 0.3 is 0 Å². The molecule has 3 nitrogen and oxygen atoms in total. The third-order valence-corrected chi connectivity index (χ3v) is 4.86. The Morgan fingerprint density at radius 1 is 1.50 bits per heavy atom. The van der Waals surface area contributed by atoms with E-state index in [0.29, 0.717) is 5.92 Å². The van der Waals surface area contributed by atoms with Crippen molar-refractivity contribution in [1.82, 2.24) is 10.2 Å². The van der Waals surface area contributed by atoms with Crippen LogP contribution in [-0.4, -0.2) is 29.9 Å². The Bertz CT molecular complexity index is 416. The number of thiophene rings is 1. The number of hydrogen-bond acceptors (Lipinski definition) is 3. The molecule has 1 aliphatic heterocycles. The molecule has 1 N–H and O–H groups in total. The molecule has 0 bridgehead atoms. The number of amides is 1. The summed E-state index contributed by atoms with van der Waals surface area (Å²) in [6.45, 7) is 8.38. The summed E-state index contributed by atoms with van der Waals surface area (Å²) >= 11 is 1.76. The number of piperidine rings is 1. The summed E-state index contributed by atoms with van der Waals surface area (Å²) in [5.41, 5.74) is 0. The van der Waals surface area contributed by atoms with Crippen LogP contribution >= 0.6 is 11.3 Å². The Morgan fingerprint density at radius 2 is 2.30 bits per heavy atom. The minimum atomic E-state index is 0.0184. The Morgan fingerprint density at radius 3 is 2.90 bits per heavy atom. The van der Waals surface area contributed by atoms with Crippen LogP contribution in [0.1, 0.15) is 51.0 Å². The van der Waals surface area contributed by atoms with E-state index >= 15 is 0 Å². The van der Waals surface area contributed by atoms with Crippen molar-refractivity contribution >= 4 is 17.2 Å². The number of rotatable bonds is 6. The lowest BCUT2D eigenvalue weighted by Gasteiger charge is -2.39. The lowest BCUT2D eigenvalue weighted by Crippen LogP contribution is -2.52. The third kappa shape index (κ3) is 3.41. The highest BCUT2D eigenvalue weighted by Crippen LogP contribution is 2.34. The highest BCUT2D eigenvalue weighted by Gasteiger charge is 2.35. The second kappa shape index (κ2) is 7.23. The zero-order valence-corrected chi connectivity index (χ0v) is 13.6. The zero-order chi connectivity index (χ0) is 14.5. The van der Waals surface area contributed by atoms with Gasteiger partial charge in [0.1, 0.15) is 0 Å². The van der Waals surface area contributed by atoms with Crippen LogP contribution in [0.15, 0.2) is 17.5 Å². The molecule has 1 aliphatic rings. The van der Waals surface area contributed by atoms with Crippen molar-refractivity contribution in [2.24, 2.45) is 5.92 Å². The van der Waals surface area contributed by atoms with Gasteiger partial charge in [-0.15, -0.1) is 11.3 Å². The number of nitrogens with one attached hydrogen (secondary N) is 1. The van der Waals surface area contributed by atoms with Crippen LogP contribution in [-0.2, 0) is 4.79 Å². The van der Waals surface area contributed by atoms with Crippen LogP contribution in [0.5, 0.6) is 0 Å². The number of carbonyl (C=O) groups excluding carboxylic acids is 1. The fourth-order valence-corrected chi connectivity index (χ4v) is 4.00. The Hall–Kier alpha value is -0.870. The molecule has 1 aromatic rings. The largest absolute Gasteiger partial charge is 0.333 e. The first-order chi connectivity index (χ1) is 9.65. The van der Waals surface area contributed by atoms with Crippen molar-refractivity contribution < 1.29 is 4.79 Å². The molecular weight excluding hydrogens is 268 g/mol. The topological polar surface area (TPSA) is 32.3 Å². The molecule has 112 valence electrons. The summed E-state index contributed by atoms with van der Waals surface area (Å²) < 4.78 is 0. The molecule has 0 saturated carbocycles. The van der Waals surface area contributed by atoms with Gasteiger partial charge in [0.15, 0.2) is 0 Å². The first-order valence-electron chi connectivity index (χ1n) is 7.72. The molecule has 0 radical (unpaired) electrons. The van der Waals surface area contributed by atoms with E-state index in [1.54, 1.807) is 11.3 Å². The van der Waals surface area contributed by atoms with Gasteiger partial charge in [-0.1, -0.05) is 26.8 Å². The smallest absolute Gasteiger partial charge is 0.240 e. The fraction of sp³-hybridized carbons (Fsp3) is 0.688. The molecule has 2 rings (SSSR count). The summed E-state index contributed by atoms with van der Waals surface area (Å²) in [6.07, 6.45) is 3.15. The maximum Gasteiger partial charge on any atom is 0.240 e. The molecule has 2 unspecified atom stereocenters. The monoisotopic (exact) mass is 294 g/mol. The van der Waals surface area contributed by atoms with Crippen LogP contribution < -0.4 is 5.32 Å². The van der Waals surface area contributed by atoms with E-state index in [-0.39, 0.29) is 18.0 Å². The van der Waals surface area contributed by atoms with E-state index in [4.69, 9.17) is 0 Å². The highest BCUT2D eigenvalue weighted by atomic mass is 32.1. The summed E-state index contributed by atoms with van der Waals surface area (Å²) in [6, 6.07) is 4.49. The van der Waals surface area contributed by atoms with Gasteiger partial charge in [-0.25, -0.2) is 0 Å². The number of hydrogen-bond donors (Lipinski definition) is 1. The summed E-state index contributed by atoms with van der Waals surface area (Å²) in [7, 11) is 0. The molecule has 1 amide bonds. The van der Waals surface area contributed by atoms with Crippen molar-refractivity contribution in [3.63, 3.8) is 0 Å². The predicted octanol–water partition coefficient (Wildman–Crippen LogP) is 3.44. The number of nitrogens with zero attached hydrogens (tertiary/aromatic N) is 1. The standard InChI is InChI=1S/C16H26N2OS/c1-4-9-17-13-7-5-10-18(16(13)19)15(12(2)3)14-8-6-11-20-14/h6,8,11-13,15,17H,4-5,7,9-10H2,1-3H3. The van der Waals surface area contributed by atoms with Gasteiger partial charge in [0.2, 0.25) is 5.91 Å². The van der Waals surface area contributed by atoms with Crippen molar-refractivity contribution in [2.75, 3.05) is 13.1 Å². The van der Waals surface area contributed by atoms with Crippen LogP contribution in [0.25, 0.3) is 0 Å². The van der Waals surface area contributed by atoms with Crippen LogP contribution in [0.4, 0.5) is 0 Å². The summed E-state index contributed by atoms with van der Waals surface area (Å²) in [4.78, 5) is 16.2. The molecule has 20 heavy (non-hydrogen) atoms.